The van der Waals surface area contributed by atoms with Gasteiger partial charge in [-0.2, -0.15) is 0 Å². The van der Waals surface area contributed by atoms with E-state index in [1.165, 1.54) is 18.2 Å². The molecule has 3 N–H and O–H groups in total. The summed E-state index contributed by atoms with van der Waals surface area (Å²) in [5.41, 5.74) is 4.96. The molecule has 2 atom stereocenters. The first kappa shape index (κ1) is 14.2. The Hall–Kier alpha value is -1.79. The average Bonchev–Trinajstić information content (AvgIpc) is 3.20. The van der Waals surface area contributed by atoms with Gasteiger partial charge in [0.05, 0.1) is 11.5 Å². The van der Waals surface area contributed by atoms with Crippen LogP contribution < -0.4 is 11.1 Å². The first-order valence-electron chi connectivity index (χ1n) is 7.12. The molecule has 1 aromatic carbocycles. The first-order chi connectivity index (χ1) is 10.0. The van der Waals surface area contributed by atoms with E-state index in [-0.39, 0.29) is 17.3 Å². The standard InChI is InChI=1S/C15H18FN3O2/c16-12-4-2-1-3-10(12)13(20)11-9-15(11,17)14(21)19-7-5-18-6-8-19/h1-4,11,18H,5-9,17H2. The number of benzene rings is 1. The first-order valence-corrected chi connectivity index (χ1v) is 7.12. The van der Waals surface area contributed by atoms with E-state index in [1.54, 1.807) is 11.0 Å². The zero-order valence-corrected chi connectivity index (χ0v) is 11.6. The number of piperazine rings is 1. The van der Waals surface area contributed by atoms with Gasteiger partial charge in [0.15, 0.2) is 5.78 Å². The van der Waals surface area contributed by atoms with Crippen molar-refractivity contribution in [2.75, 3.05) is 26.2 Å². The molecule has 21 heavy (non-hydrogen) atoms. The van der Waals surface area contributed by atoms with Gasteiger partial charge in [0.1, 0.15) is 11.4 Å². The lowest BCUT2D eigenvalue weighted by molar-refractivity contribution is -0.134. The Morgan fingerprint density at radius 2 is 1.95 bits per heavy atom. The Bertz CT molecular complexity index is 586. The number of amides is 1. The molecule has 1 aliphatic carbocycles. The molecular weight excluding hydrogens is 273 g/mol. The third-order valence-corrected chi connectivity index (χ3v) is 4.26. The molecule has 0 spiro atoms. The molecule has 1 heterocycles. The third-order valence-electron chi connectivity index (χ3n) is 4.26. The van der Waals surface area contributed by atoms with Crippen LogP contribution in [0.15, 0.2) is 24.3 Å². The van der Waals surface area contributed by atoms with Gasteiger partial charge in [0.25, 0.3) is 0 Å². The van der Waals surface area contributed by atoms with E-state index in [0.717, 1.165) is 13.1 Å². The molecular formula is C15H18FN3O2. The Morgan fingerprint density at radius 1 is 1.29 bits per heavy atom. The Labute approximate surface area is 122 Å². The lowest BCUT2D eigenvalue weighted by atomic mass is 10.0. The highest BCUT2D eigenvalue weighted by atomic mass is 19.1. The van der Waals surface area contributed by atoms with E-state index in [1.807, 2.05) is 0 Å². The van der Waals surface area contributed by atoms with Crippen molar-refractivity contribution in [1.29, 1.82) is 0 Å². The number of carbonyl (C=O) groups is 2. The maximum absolute atomic E-state index is 13.7. The molecule has 2 fully saturated rings. The third kappa shape index (κ3) is 2.45. The maximum atomic E-state index is 13.7. The molecule has 0 bridgehead atoms. The summed E-state index contributed by atoms with van der Waals surface area (Å²) in [6.45, 7) is 2.65. The van der Waals surface area contributed by atoms with Gasteiger partial charge >= 0.3 is 0 Å². The lowest BCUT2D eigenvalue weighted by Crippen LogP contribution is -2.54. The number of nitrogens with two attached hydrogens (primary N) is 1. The number of ketones is 1. The van der Waals surface area contributed by atoms with E-state index in [4.69, 9.17) is 5.73 Å². The second kappa shape index (κ2) is 5.20. The molecule has 1 saturated heterocycles. The van der Waals surface area contributed by atoms with E-state index in [2.05, 4.69) is 5.32 Å². The molecule has 5 nitrogen and oxygen atoms in total. The van der Waals surface area contributed by atoms with Gasteiger partial charge in [0.2, 0.25) is 5.91 Å². The van der Waals surface area contributed by atoms with Crippen LogP contribution in [0, 0.1) is 11.7 Å². The smallest absolute Gasteiger partial charge is 0.243 e. The van der Waals surface area contributed by atoms with Crippen molar-refractivity contribution >= 4 is 11.7 Å². The Kier molecular flexibility index (Phi) is 3.51. The number of hydrogen-bond donors (Lipinski definition) is 2. The van der Waals surface area contributed by atoms with Gasteiger partial charge in [-0.05, 0) is 18.6 Å². The Balaban J connectivity index is 1.73. The highest BCUT2D eigenvalue weighted by Crippen LogP contribution is 2.45. The topological polar surface area (TPSA) is 75.4 Å². The molecule has 1 aromatic rings. The molecule has 0 aromatic heterocycles. The van der Waals surface area contributed by atoms with Crippen LogP contribution in [0.5, 0.6) is 0 Å². The molecule has 1 aliphatic heterocycles. The van der Waals surface area contributed by atoms with Crippen molar-refractivity contribution < 1.29 is 14.0 Å². The van der Waals surface area contributed by atoms with E-state index in [9.17, 15) is 14.0 Å². The molecule has 2 unspecified atom stereocenters. The fraction of sp³-hybridized carbons (Fsp3) is 0.467. The monoisotopic (exact) mass is 291 g/mol. The van der Waals surface area contributed by atoms with Gasteiger partial charge in [-0.3, -0.25) is 9.59 Å². The summed E-state index contributed by atoms with van der Waals surface area (Å²) in [7, 11) is 0. The molecule has 1 saturated carbocycles. The summed E-state index contributed by atoms with van der Waals surface area (Å²) in [6.07, 6.45) is 0.295. The van der Waals surface area contributed by atoms with Crippen LogP contribution in [0.3, 0.4) is 0 Å². The number of nitrogens with one attached hydrogen (secondary N) is 1. The average molecular weight is 291 g/mol. The van der Waals surface area contributed by atoms with Crippen molar-refractivity contribution in [3.8, 4) is 0 Å². The number of halogens is 1. The number of rotatable bonds is 3. The van der Waals surface area contributed by atoms with Crippen molar-refractivity contribution in [1.82, 2.24) is 10.2 Å². The summed E-state index contributed by atoms with van der Waals surface area (Å²) in [4.78, 5) is 26.5. The van der Waals surface area contributed by atoms with Crippen molar-refractivity contribution in [3.63, 3.8) is 0 Å². The molecule has 112 valence electrons. The molecule has 1 amide bonds. The van der Waals surface area contributed by atoms with Crippen LogP contribution in [0.4, 0.5) is 4.39 Å². The van der Waals surface area contributed by atoms with Crippen LogP contribution in [-0.4, -0.2) is 48.3 Å². The molecule has 2 aliphatic rings. The number of hydrogen-bond acceptors (Lipinski definition) is 4. The largest absolute Gasteiger partial charge is 0.339 e. The van der Waals surface area contributed by atoms with Crippen LogP contribution in [0.2, 0.25) is 0 Å². The van der Waals surface area contributed by atoms with Crippen LogP contribution in [-0.2, 0) is 4.79 Å². The van der Waals surface area contributed by atoms with E-state index < -0.39 is 17.3 Å². The minimum atomic E-state index is -1.16. The number of carbonyl (C=O) groups excluding carboxylic acids is 2. The zero-order chi connectivity index (χ0) is 15.0. The fourth-order valence-electron chi connectivity index (χ4n) is 2.85. The van der Waals surface area contributed by atoms with Gasteiger partial charge in [-0.1, -0.05) is 12.1 Å². The van der Waals surface area contributed by atoms with Gasteiger partial charge in [-0.25, -0.2) is 4.39 Å². The quantitative estimate of drug-likeness (QED) is 0.778. The van der Waals surface area contributed by atoms with E-state index in [0.29, 0.717) is 19.5 Å². The summed E-state index contributed by atoms with van der Waals surface area (Å²) in [5.74, 6) is -1.75. The van der Waals surface area contributed by atoms with Gasteiger partial charge < -0.3 is 16.0 Å². The SMILES string of the molecule is NC1(C(=O)N2CCNCC2)CC1C(=O)c1ccccc1F. The van der Waals surface area contributed by atoms with Crippen molar-refractivity contribution in [2.24, 2.45) is 11.7 Å². The normalized spacial score (nSPS) is 28.3. The van der Waals surface area contributed by atoms with Crippen molar-refractivity contribution in [2.45, 2.75) is 12.0 Å². The van der Waals surface area contributed by atoms with Crippen LogP contribution in [0.1, 0.15) is 16.8 Å². The lowest BCUT2D eigenvalue weighted by Gasteiger charge is -2.30. The number of Topliss-reactive ketones (excluding diaryl/α,β-unsaturated/α-hetero) is 1. The van der Waals surface area contributed by atoms with Gasteiger partial charge in [0, 0.05) is 26.2 Å². The van der Waals surface area contributed by atoms with Crippen molar-refractivity contribution in [3.05, 3.63) is 35.6 Å². The summed E-state index contributed by atoms with van der Waals surface area (Å²) < 4.78 is 13.7. The fourth-order valence-corrected chi connectivity index (χ4v) is 2.85. The minimum absolute atomic E-state index is 0.0166. The predicted octanol–water partition coefficient (Wildman–Crippen LogP) is 0.158. The zero-order valence-electron chi connectivity index (χ0n) is 11.6. The second-order valence-electron chi connectivity index (χ2n) is 5.68. The number of nitrogens with zero attached hydrogens (tertiary/aromatic N) is 1. The molecule has 0 radical (unpaired) electrons. The molecule has 3 rings (SSSR count). The predicted molar refractivity (Wildman–Crippen MR) is 75.2 cm³/mol. The Morgan fingerprint density at radius 3 is 2.62 bits per heavy atom. The van der Waals surface area contributed by atoms with Gasteiger partial charge in [-0.15, -0.1) is 0 Å². The summed E-state index contributed by atoms with van der Waals surface area (Å²) in [5, 5.41) is 3.16. The van der Waals surface area contributed by atoms with Crippen LogP contribution in [0.25, 0.3) is 0 Å². The second-order valence-corrected chi connectivity index (χ2v) is 5.68. The summed E-state index contributed by atoms with van der Waals surface area (Å²) >= 11 is 0. The highest BCUT2D eigenvalue weighted by Gasteiger charge is 2.62. The van der Waals surface area contributed by atoms with E-state index >= 15 is 0 Å². The summed E-state index contributed by atoms with van der Waals surface area (Å²) in [6, 6.07) is 5.81. The highest BCUT2D eigenvalue weighted by molar-refractivity contribution is 6.07. The minimum Gasteiger partial charge on any atom is -0.339 e. The maximum Gasteiger partial charge on any atom is 0.243 e. The molecule has 6 heteroatoms. The van der Waals surface area contributed by atoms with Crippen LogP contribution >= 0.6 is 0 Å².